The second-order valence-corrected chi connectivity index (χ2v) is 6.15. The summed E-state index contributed by atoms with van der Waals surface area (Å²) in [7, 11) is 0. The average molecular weight is 287 g/mol. The highest BCUT2D eigenvalue weighted by molar-refractivity contribution is 6.06. The maximum Gasteiger partial charge on any atom is 0.259 e. The molecule has 2 aromatic heterocycles. The molecule has 2 aromatic rings. The molecule has 1 aliphatic rings. The summed E-state index contributed by atoms with van der Waals surface area (Å²) in [5.74, 6) is 0.195. The molecule has 3 rings (SSSR count). The molecule has 0 saturated heterocycles. The summed E-state index contributed by atoms with van der Waals surface area (Å²) in [5.41, 5.74) is 2.66. The van der Waals surface area contributed by atoms with Crippen LogP contribution in [0.15, 0.2) is 10.6 Å². The predicted molar refractivity (Wildman–Crippen MR) is 80.4 cm³/mol. The van der Waals surface area contributed by atoms with Gasteiger partial charge in [-0.3, -0.25) is 4.79 Å². The predicted octanol–water partition coefficient (Wildman–Crippen LogP) is 3.33. The molecule has 1 saturated carbocycles. The molecule has 0 atom stereocenters. The third-order valence-corrected chi connectivity index (χ3v) is 4.16. The molecular formula is C16H21N3O2. The number of rotatable bonds is 3. The van der Waals surface area contributed by atoms with Crippen molar-refractivity contribution in [3.63, 3.8) is 0 Å². The third-order valence-electron chi connectivity index (χ3n) is 4.16. The van der Waals surface area contributed by atoms with Crippen LogP contribution in [0.5, 0.6) is 0 Å². The van der Waals surface area contributed by atoms with Gasteiger partial charge in [0.25, 0.3) is 11.6 Å². The lowest BCUT2D eigenvalue weighted by Gasteiger charge is -2.13. The van der Waals surface area contributed by atoms with Crippen LogP contribution in [-0.2, 0) is 0 Å². The van der Waals surface area contributed by atoms with Crippen LogP contribution >= 0.6 is 0 Å². The number of aryl methyl sites for hydroxylation is 1. The number of carbonyl (C=O) groups excluding carboxylic acids is 1. The Kier molecular flexibility index (Phi) is 3.66. The van der Waals surface area contributed by atoms with E-state index in [9.17, 15) is 4.79 Å². The van der Waals surface area contributed by atoms with Crippen molar-refractivity contribution in [2.24, 2.45) is 0 Å². The van der Waals surface area contributed by atoms with Crippen LogP contribution in [0.2, 0.25) is 0 Å². The Labute approximate surface area is 124 Å². The number of aromatic nitrogens is 2. The molecule has 21 heavy (non-hydrogen) atoms. The van der Waals surface area contributed by atoms with E-state index in [1.807, 2.05) is 13.0 Å². The van der Waals surface area contributed by atoms with Gasteiger partial charge in [-0.25, -0.2) is 4.98 Å². The van der Waals surface area contributed by atoms with Crippen molar-refractivity contribution in [2.75, 3.05) is 0 Å². The lowest BCUT2D eigenvalue weighted by Crippen LogP contribution is -2.32. The Balaban J connectivity index is 2.01. The van der Waals surface area contributed by atoms with Gasteiger partial charge in [0.2, 0.25) is 0 Å². The average Bonchev–Trinajstić information content (AvgIpc) is 3.08. The van der Waals surface area contributed by atoms with Crippen LogP contribution in [-0.4, -0.2) is 22.1 Å². The highest BCUT2D eigenvalue weighted by Crippen LogP contribution is 2.26. The zero-order valence-corrected chi connectivity index (χ0v) is 12.8. The quantitative estimate of drug-likeness (QED) is 0.940. The zero-order chi connectivity index (χ0) is 15.0. The van der Waals surface area contributed by atoms with E-state index in [-0.39, 0.29) is 11.8 Å². The van der Waals surface area contributed by atoms with Gasteiger partial charge in [0, 0.05) is 11.7 Å². The fraction of sp³-hybridized carbons (Fsp3) is 0.562. The Hall–Kier alpha value is -1.91. The number of pyridine rings is 1. The molecule has 2 heterocycles. The zero-order valence-electron chi connectivity index (χ0n) is 12.8. The lowest BCUT2D eigenvalue weighted by atomic mass is 10.0. The number of hydrogen-bond acceptors (Lipinski definition) is 4. The van der Waals surface area contributed by atoms with E-state index < -0.39 is 0 Å². The van der Waals surface area contributed by atoms with Crippen LogP contribution in [0.1, 0.15) is 67.2 Å². The van der Waals surface area contributed by atoms with Gasteiger partial charge in [-0.15, -0.1) is 0 Å². The Morgan fingerprint density at radius 1 is 1.38 bits per heavy atom. The fourth-order valence-electron chi connectivity index (χ4n) is 2.92. The van der Waals surface area contributed by atoms with Crippen LogP contribution in [0.25, 0.3) is 11.1 Å². The maximum atomic E-state index is 12.6. The molecule has 5 nitrogen and oxygen atoms in total. The minimum atomic E-state index is -0.0394. The van der Waals surface area contributed by atoms with Crippen molar-refractivity contribution in [1.29, 1.82) is 0 Å². The van der Waals surface area contributed by atoms with Crippen LogP contribution in [0.4, 0.5) is 0 Å². The molecule has 1 fully saturated rings. The summed E-state index contributed by atoms with van der Waals surface area (Å²) in [5, 5.41) is 7.82. The first-order valence-corrected chi connectivity index (χ1v) is 7.64. The van der Waals surface area contributed by atoms with E-state index in [2.05, 4.69) is 29.3 Å². The van der Waals surface area contributed by atoms with Crippen LogP contribution < -0.4 is 5.32 Å². The second-order valence-electron chi connectivity index (χ2n) is 6.15. The highest BCUT2D eigenvalue weighted by atomic mass is 16.5. The van der Waals surface area contributed by atoms with Gasteiger partial charge in [-0.05, 0) is 31.7 Å². The molecule has 0 bridgehead atoms. The number of hydrogen-bond donors (Lipinski definition) is 1. The van der Waals surface area contributed by atoms with Gasteiger partial charge in [0.15, 0.2) is 0 Å². The van der Waals surface area contributed by atoms with Gasteiger partial charge < -0.3 is 9.84 Å². The van der Waals surface area contributed by atoms with Crippen molar-refractivity contribution in [3.05, 3.63) is 23.0 Å². The molecular weight excluding hydrogens is 266 g/mol. The van der Waals surface area contributed by atoms with E-state index >= 15 is 0 Å². The van der Waals surface area contributed by atoms with Gasteiger partial charge in [0.1, 0.15) is 0 Å². The monoisotopic (exact) mass is 287 g/mol. The van der Waals surface area contributed by atoms with Crippen molar-refractivity contribution < 1.29 is 9.32 Å². The minimum absolute atomic E-state index is 0.0394. The van der Waals surface area contributed by atoms with E-state index in [4.69, 9.17) is 4.52 Å². The third kappa shape index (κ3) is 2.64. The fourth-order valence-corrected chi connectivity index (χ4v) is 2.92. The summed E-state index contributed by atoms with van der Waals surface area (Å²) in [6.45, 7) is 5.95. The molecule has 1 aliphatic carbocycles. The first-order valence-electron chi connectivity index (χ1n) is 7.64. The van der Waals surface area contributed by atoms with Gasteiger partial charge in [-0.1, -0.05) is 31.8 Å². The number of carbonyl (C=O) groups is 1. The lowest BCUT2D eigenvalue weighted by molar-refractivity contribution is 0.0939. The summed E-state index contributed by atoms with van der Waals surface area (Å²) < 4.78 is 5.26. The van der Waals surface area contributed by atoms with Crippen molar-refractivity contribution >= 4 is 17.0 Å². The molecule has 112 valence electrons. The maximum absolute atomic E-state index is 12.6. The number of nitrogens with zero attached hydrogens (tertiary/aromatic N) is 2. The first-order chi connectivity index (χ1) is 10.1. The van der Waals surface area contributed by atoms with Gasteiger partial charge >= 0.3 is 0 Å². The van der Waals surface area contributed by atoms with Crippen LogP contribution in [0, 0.1) is 6.92 Å². The second kappa shape index (κ2) is 5.47. The van der Waals surface area contributed by atoms with Gasteiger partial charge in [-0.2, -0.15) is 0 Å². The topological polar surface area (TPSA) is 68.0 Å². The first kappa shape index (κ1) is 14.0. The van der Waals surface area contributed by atoms with E-state index in [0.717, 1.165) is 23.9 Å². The van der Waals surface area contributed by atoms with Gasteiger partial charge in [0.05, 0.1) is 16.6 Å². The normalized spacial score (nSPS) is 16.0. The standard InChI is InChI=1S/C16H21N3O2/c1-9(2)13-8-12(14-10(3)19-21-16(14)18-13)15(20)17-11-6-4-5-7-11/h8-9,11H,4-7H2,1-3H3,(H,17,20). The summed E-state index contributed by atoms with van der Waals surface area (Å²) in [6.07, 6.45) is 4.53. The number of amides is 1. The number of fused-ring (bicyclic) bond motifs is 1. The Bertz CT molecular complexity index is 669. The SMILES string of the molecule is Cc1noc2nc(C(C)C)cc(C(=O)NC3CCCC3)c12. The largest absolute Gasteiger partial charge is 0.349 e. The number of nitrogens with one attached hydrogen (secondary N) is 1. The van der Waals surface area contributed by atoms with Crippen molar-refractivity contribution in [2.45, 2.75) is 58.4 Å². The van der Waals surface area contributed by atoms with E-state index in [1.165, 1.54) is 12.8 Å². The molecule has 0 unspecified atom stereocenters. The van der Waals surface area contributed by atoms with Crippen molar-refractivity contribution in [3.8, 4) is 0 Å². The molecule has 0 spiro atoms. The molecule has 0 aromatic carbocycles. The van der Waals surface area contributed by atoms with Crippen molar-refractivity contribution in [1.82, 2.24) is 15.5 Å². The molecule has 0 radical (unpaired) electrons. The molecule has 0 aliphatic heterocycles. The minimum Gasteiger partial charge on any atom is -0.349 e. The summed E-state index contributed by atoms with van der Waals surface area (Å²) >= 11 is 0. The molecule has 1 N–H and O–H groups in total. The summed E-state index contributed by atoms with van der Waals surface area (Å²) in [6, 6.07) is 2.17. The van der Waals surface area contributed by atoms with E-state index in [0.29, 0.717) is 23.0 Å². The Morgan fingerprint density at radius 2 is 2.10 bits per heavy atom. The smallest absolute Gasteiger partial charge is 0.259 e. The molecule has 1 amide bonds. The summed E-state index contributed by atoms with van der Waals surface area (Å²) in [4.78, 5) is 17.1. The molecule has 5 heteroatoms. The van der Waals surface area contributed by atoms with E-state index in [1.54, 1.807) is 0 Å². The Morgan fingerprint density at radius 3 is 2.76 bits per heavy atom. The highest BCUT2D eigenvalue weighted by Gasteiger charge is 2.23. The van der Waals surface area contributed by atoms with Crippen LogP contribution in [0.3, 0.4) is 0 Å².